The molecule has 1 aliphatic heterocycles. The lowest BCUT2D eigenvalue weighted by molar-refractivity contribution is -0.120. The fourth-order valence-corrected chi connectivity index (χ4v) is 5.15. The maximum absolute atomic E-state index is 13.7. The molecule has 2 aromatic carbocycles. The summed E-state index contributed by atoms with van der Waals surface area (Å²) in [4.78, 5) is 12.4. The van der Waals surface area contributed by atoms with Gasteiger partial charge in [-0.15, -0.1) is 0 Å². The molecule has 1 atom stereocenters. The normalized spacial score (nSPS) is 17.7. The minimum atomic E-state index is -4.01. The maximum Gasteiger partial charge on any atom is 0.246 e. The van der Waals surface area contributed by atoms with E-state index in [1.165, 1.54) is 17.5 Å². The van der Waals surface area contributed by atoms with Crippen LogP contribution in [-0.4, -0.2) is 38.8 Å². The molecular formula is C20H22ClFN2O4S. The Bertz CT molecular complexity index is 1030. The molecule has 1 heterocycles. The second-order valence-corrected chi connectivity index (χ2v) is 9.26. The molecule has 0 radical (unpaired) electrons. The molecule has 1 saturated heterocycles. The SMILES string of the molecule is COc1ccc(F)cc1S(=O)(=O)N1CCC[C@@H](C(=O)Nc2ccc(C)c(Cl)c2)C1. The molecule has 0 bridgehead atoms. The van der Waals surface area contributed by atoms with Crippen molar-refractivity contribution in [3.8, 4) is 5.75 Å². The van der Waals surface area contributed by atoms with Gasteiger partial charge in [0.15, 0.2) is 0 Å². The van der Waals surface area contributed by atoms with Gasteiger partial charge in [-0.25, -0.2) is 12.8 Å². The van der Waals surface area contributed by atoms with Crippen LogP contribution in [0, 0.1) is 18.7 Å². The van der Waals surface area contributed by atoms with Crippen molar-refractivity contribution in [1.82, 2.24) is 4.31 Å². The second-order valence-electron chi connectivity index (χ2n) is 6.95. The van der Waals surface area contributed by atoms with E-state index in [2.05, 4.69) is 5.32 Å². The number of carbonyl (C=O) groups excluding carboxylic acids is 1. The summed E-state index contributed by atoms with van der Waals surface area (Å²) in [6, 6.07) is 8.55. The zero-order chi connectivity index (χ0) is 21.2. The molecule has 2 aromatic rings. The highest BCUT2D eigenvalue weighted by Gasteiger charge is 2.35. The fraction of sp³-hybridized carbons (Fsp3) is 0.350. The summed E-state index contributed by atoms with van der Waals surface area (Å²) in [6.07, 6.45) is 1.07. The lowest BCUT2D eigenvalue weighted by atomic mass is 9.98. The molecule has 0 saturated carbocycles. The van der Waals surface area contributed by atoms with Gasteiger partial charge in [0.1, 0.15) is 16.5 Å². The predicted molar refractivity (Wildman–Crippen MR) is 109 cm³/mol. The third-order valence-corrected chi connectivity index (χ3v) is 7.23. The molecule has 1 N–H and O–H groups in total. The van der Waals surface area contributed by atoms with Gasteiger partial charge >= 0.3 is 0 Å². The van der Waals surface area contributed by atoms with E-state index in [0.29, 0.717) is 23.6 Å². The van der Waals surface area contributed by atoms with Crippen molar-refractivity contribution >= 4 is 33.2 Å². The first-order valence-corrected chi connectivity index (χ1v) is 10.9. The molecule has 9 heteroatoms. The number of methoxy groups -OCH3 is 1. The lowest BCUT2D eigenvalue weighted by Gasteiger charge is -2.31. The first-order chi connectivity index (χ1) is 13.7. The van der Waals surface area contributed by atoms with Gasteiger partial charge in [-0.3, -0.25) is 4.79 Å². The van der Waals surface area contributed by atoms with Gasteiger partial charge in [0.05, 0.1) is 13.0 Å². The van der Waals surface area contributed by atoms with Crippen LogP contribution in [0.5, 0.6) is 5.75 Å². The Morgan fingerprint density at radius 2 is 2.03 bits per heavy atom. The zero-order valence-corrected chi connectivity index (χ0v) is 17.7. The molecule has 0 aliphatic carbocycles. The number of sulfonamides is 1. The summed E-state index contributed by atoms with van der Waals surface area (Å²) in [6.45, 7) is 2.12. The molecule has 156 valence electrons. The molecule has 0 spiro atoms. The van der Waals surface area contributed by atoms with Gasteiger partial charge in [0.25, 0.3) is 0 Å². The van der Waals surface area contributed by atoms with Crippen LogP contribution in [0.3, 0.4) is 0 Å². The van der Waals surface area contributed by atoms with Gasteiger partial charge < -0.3 is 10.1 Å². The highest BCUT2D eigenvalue weighted by atomic mass is 35.5. The largest absolute Gasteiger partial charge is 0.495 e. The number of hydrogen-bond donors (Lipinski definition) is 1. The standard InChI is InChI=1S/C20H22ClFN2O4S/c1-13-5-7-16(11-17(13)21)23-20(25)14-4-3-9-24(12-14)29(26,27)19-10-15(22)6-8-18(19)28-2/h5-8,10-11,14H,3-4,9,12H2,1-2H3,(H,23,25)/t14-/m1/s1. The number of benzene rings is 2. The molecule has 1 fully saturated rings. The summed E-state index contributed by atoms with van der Waals surface area (Å²) in [7, 11) is -2.69. The Hall–Kier alpha value is -2.16. The third-order valence-electron chi connectivity index (χ3n) is 4.94. The van der Waals surface area contributed by atoms with Crippen LogP contribution in [0.25, 0.3) is 0 Å². The molecule has 6 nitrogen and oxygen atoms in total. The second kappa shape index (κ2) is 8.69. The Morgan fingerprint density at radius 1 is 1.28 bits per heavy atom. The maximum atomic E-state index is 13.7. The molecule has 3 rings (SSSR count). The van der Waals surface area contributed by atoms with Crippen LogP contribution in [0.15, 0.2) is 41.3 Å². The number of halogens is 2. The van der Waals surface area contributed by atoms with Crippen LogP contribution in [0.2, 0.25) is 5.02 Å². The smallest absolute Gasteiger partial charge is 0.246 e. The van der Waals surface area contributed by atoms with Gasteiger partial charge in [-0.2, -0.15) is 4.31 Å². The van der Waals surface area contributed by atoms with Crippen LogP contribution in [0.1, 0.15) is 18.4 Å². The van der Waals surface area contributed by atoms with Gasteiger partial charge in [-0.05, 0) is 55.7 Å². The summed E-state index contributed by atoms with van der Waals surface area (Å²) >= 11 is 6.09. The number of rotatable bonds is 5. The quantitative estimate of drug-likeness (QED) is 0.766. The number of nitrogens with one attached hydrogen (secondary N) is 1. The summed E-state index contributed by atoms with van der Waals surface area (Å²) in [5.41, 5.74) is 1.45. The highest BCUT2D eigenvalue weighted by molar-refractivity contribution is 7.89. The lowest BCUT2D eigenvalue weighted by Crippen LogP contribution is -2.43. The fourth-order valence-electron chi connectivity index (χ4n) is 3.28. The van der Waals surface area contributed by atoms with Crippen molar-refractivity contribution in [2.45, 2.75) is 24.7 Å². The number of carbonyl (C=O) groups is 1. The van der Waals surface area contributed by atoms with Crippen LogP contribution >= 0.6 is 11.6 Å². The zero-order valence-electron chi connectivity index (χ0n) is 16.1. The molecule has 1 aliphatic rings. The van der Waals surface area contributed by atoms with E-state index in [-0.39, 0.29) is 29.6 Å². The van der Waals surface area contributed by atoms with E-state index < -0.39 is 21.8 Å². The molecular weight excluding hydrogens is 419 g/mol. The van der Waals surface area contributed by atoms with E-state index in [4.69, 9.17) is 16.3 Å². The van der Waals surface area contributed by atoms with Crippen molar-refractivity contribution in [3.63, 3.8) is 0 Å². The Kier molecular flexibility index (Phi) is 6.45. The summed E-state index contributed by atoms with van der Waals surface area (Å²) in [5, 5.41) is 3.33. The van der Waals surface area contributed by atoms with E-state index in [9.17, 15) is 17.6 Å². The average molecular weight is 441 g/mol. The average Bonchev–Trinajstić information content (AvgIpc) is 2.70. The number of ether oxygens (including phenoxy) is 1. The van der Waals surface area contributed by atoms with E-state index in [0.717, 1.165) is 17.7 Å². The van der Waals surface area contributed by atoms with Gasteiger partial charge in [0.2, 0.25) is 15.9 Å². The number of piperidine rings is 1. The first-order valence-electron chi connectivity index (χ1n) is 9.13. The number of aryl methyl sites for hydroxylation is 1. The molecule has 29 heavy (non-hydrogen) atoms. The topological polar surface area (TPSA) is 75.7 Å². The molecule has 0 aromatic heterocycles. The third kappa shape index (κ3) is 4.71. The predicted octanol–water partition coefficient (Wildman–Crippen LogP) is 3.84. The summed E-state index contributed by atoms with van der Waals surface area (Å²) in [5.74, 6) is -1.42. The van der Waals surface area contributed by atoms with Crippen molar-refractivity contribution in [1.29, 1.82) is 0 Å². The van der Waals surface area contributed by atoms with Gasteiger partial charge in [0, 0.05) is 23.8 Å². The minimum absolute atomic E-state index is 0.00737. The van der Waals surface area contributed by atoms with Crippen LogP contribution in [0.4, 0.5) is 10.1 Å². The minimum Gasteiger partial charge on any atom is -0.495 e. The number of anilines is 1. The van der Waals surface area contributed by atoms with E-state index in [1.807, 2.05) is 6.92 Å². The highest BCUT2D eigenvalue weighted by Crippen LogP contribution is 2.31. The van der Waals surface area contributed by atoms with Crippen LogP contribution < -0.4 is 10.1 Å². The van der Waals surface area contributed by atoms with Crippen molar-refractivity contribution in [2.75, 3.05) is 25.5 Å². The Balaban J connectivity index is 1.78. The molecule has 0 unspecified atom stereocenters. The monoisotopic (exact) mass is 440 g/mol. The van der Waals surface area contributed by atoms with Crippen molar-refractivity contribution in [2.24, 2.45) is 5.92 Å². The Labute approximate surface area is 174 Å². The van der Waals surface area contributed by atoms with Gasteiger partial charge in [-0.1, -0.05) is 17.7 Å². The van der Waals surface area contributed by atoms with Crippen molar-refractivity contribution in [3.05, 3.63) is 52.8 Å². The van der Waals surface area contributed by atoms with E-state index in [1.54, 1.807) is 18.2 Å². The Morgan fingerprint density at radius 3 is 2.72 bits per heavy atom. The van der Waals surface area contributed by atoms with Crippen LogP contribution in [-0.2, 0) is 14.8 Å². The molecule has 1 amide bonds. The number of amides is 1. The number of hydrogen-bond acceptors (Lipinski definition) is 4. The number of nitrogens with zero attached hydrogens (tertiary/aromatic N) is 1. The first kappa shape index (κ1) is 21.5. The van der Waals surface area contributed by atoms with Crippen molar-refractivity contribution < 1.29 is 22.3 Å². The summed E-state index contributed by atoms with van der Waals surface area (Å²) < 4.78 is 46.1. The van der Waals surface area contributed by atoms with E-state index >= 15 is 0 Å².